The Morgan fingerprint density at radius 3 is 2.45 bits per heavy atom. The lowest BCUT2D eigenvalue weighted by Gasteiger charge is -2.35. The minimum absolute atomic E-state index is 0. The lowest BCUT2D eigenvalue weighted by molar-refractivity contribution is 0.0170. The largest absolute Gasteiger partial charge is 0.497 e. The third kappa shape index (κ3) is 7.40. The summed E-state index contributed by atoms with van der Waals surface area (Å²) in [6.07, 6.45) is 0. The lowest BCUT2D eigenvalue weighted by atomic mass is 10.0. The number of nitrogens with zero attached hydrogens (tertiary/aromatic N) is 2. The number of guanidine groups is 1. The summed E-state index contributed by atoms with van der Waals surface area (Å²) in [4.78, 5) is 7.23. The van der Waals surface area contributed by atoms with Gasteiger partial charge in [-0.15, -0.1) is 24.0 Å². The van der Waals surface area contributed by atoms with E-state index in [0.29, 0.717) is 6.54 Å². The normalized spacial score (nSPS) is 15.8. The highest BCUT2D eigenvalue weighted by Crippen LogP contribution is 2.23. The van der Waals surface area contributed by atoms with Crippen molar-refractivity contribution in [2.75, 3.05) is 46.5 Å². The van der Waals surface area contributed by atoms with Gasteiger partial charge in [-0.3, -0.25) is 4.90 Å². The zero-order valence-corrected chi connectivity index (χ0v) is 21.3. The lowest BCUT2D eigenvalue weighted by Crippen LogP contribution is -2.46. The number of hydrogen-bond donors (Lipinski definition) is 2. The van der Waals surface area contributed by atoms with Gasteiger partial charge < -0.3 is 24.5 Å². The van der Waals surface area contributed by atoms with E-state index in [-0.39, 0.29) is 30.0 Å². The molecule has 2 N–H and O–H groups in total. The second-order valence-corrected chi connectivity index (χ2v) is 7.45. The summed E-state index contributed by atoms with van der Waals surface area (Å²) < 4.78 is 16.5. The highest BCUT2D eigenvalue weighted by molar-refractivity contribution is 14.0. The summed E-state index contributed by atoms with van der Waals surface area (Å²) in [5, 5.41) is 6.89. The van der Waals surface area contributed by atoms with Gasteiger partial charge in [0.2, 0.25) is 0 Å². The Kier molecular flexibility index (Phi) is 10.6. The van der Waals surface area contributed by atoms with Crippen LogP contribution in [0.25, 0.3) is 0 Å². The summed E-state index contributed by atoms with van der Waals surface area (Å²) in [5.41, 5.74) is 2.37. The maximum absolute atomic E-state index is 5.62. The molecule has 1 fully saturated rings. The van der Waals surface area contributed by atoms with Gasteiger partial charge in [-0.05, 0) is 44.5 Å². The first-order valence-corrected chi connectivity index (χ1v) is 10.6. The first-order valence-electron chi connectivity index (χ1n) is 10.6. The summed E-state index contributed by atoms with van der Waals surface area (Å²) in [5.74, 6) is 3.52. The van der Waals surface area contributed by atoms with Crippen molar-refractivity contribution in [1.29, 1.82) is 0 Å². The van der Waals surface area contributed by atoms with E-state index in [4.69, 9.17) is 18.9 Å². The Bertz CT molecular complexity index is 817. The van der Waals surface area contributed by atoms with Gasteiger partial charge >= 0.3 is 0 Å². The molecule has 2 heterocycles. The molecule has 1 aliphatic rings. The highest BCUT2D eigenvalue weighted by atomic mass is 127. The zero-order chi connectivity index (χ0) is 21.3. The maximum atomic E-state index is 5.62. The van der Waals surface area contributed by atoms with Crippen molar-refractivity contribution in [1.82, 2.24) is 15.5 Å². The maximum Gasteiger partial charge on any atom is 0.191 e. The molecule has 172 valence electrons. The van der Waals surface area contributed by atoms with Crippen molar-refractivity contribution in [3.05, 3.63) is 53.0 Å². The van der Waals surface area contributed by atoms with Gasteiger partial charge in [0, 0.05) is 31.7 Å². The van der Waals surface area contributed by atoms with Gasteiger partial charge in [-0.2, -0.15) is 0 Å². The second kappa shape index (κ2) is 12.9. The van der Waals surface area contributed by atoms with Crippen LogP contribution in [0.15, 0.2) is 39.7 Å². The summed E-state index contributed by atoms with van der Waals surface area (Å²) in [7, 11) is 1.69. The molecule has 1 aromatic carbocycles. The number of aryl methyl sites for hydroxylation is 2. The molecule has 2 aromatic rings. The Hall–Kier alpha value is -1.78. The standard InChI is InChI=1S/C23H34N4O3.HI/c1-5-24-23(25-15-20-14-17(2)30-18(20)3)26-16-22(27-10-12-29-13-11-27)19-6-8-21(28-4)9-7-19;/h6-9,14,22H,5,10-13,15-16H2,1-4H3,(H2,24,25,26);1H. The number of aliphatic imine (C=N–C) groups is 1. The van der Waals surface area contributed by atoms with Crippen LogP contribution in [-0.2, 0) is 11.3 Å². The second-order valence-electron chi connectivity index (χ2n) is 7.45. The van der Waals surface area contributed by atoms with Crippen LogP contribution in [0.5, 0.6) is 5.75 Å². The predicted molar refractivity (Wildman–Crippen MR) is 135 cm³/mol. The Labute approximate surface area is 202 Å². The number of morpholine rings is 1. The number of methoxy groups -OCH3 is 1. The average molecular weight is 542 g/mol. The van der Waals surface area contributed by atoms with Gasteiger partial charge in [-0.25, -0.2) is 4.99 Å². The van der Waals surface area contributed by atoms with Gasteiger partial charge in [-0.1, -0.05) is 12.1 Å². The molecule has 1 unspecified atom stereocenters. The molecule has 1 saturated heterocycles. The molecule has 0 bridgehead atoms. The fourth-order valence-corrected chi connectivity index (χ4v) is 3.71. The Morgan fingerprint density at radius 1 is 1.16 bits per heavy atom. The topological polar surface area (TPSA) is 71.3 Å². The highest BCUT2D eigenvalue weighted by Gasteiger charge is 2.23. The number of halogens is 1. The fourth-order valence-electron chi connectivity index (χ4n) is 3.71. The van der Waals surface area contributed by atoms with Crippen LogP contribution in [0.2, 0.25) is 0 Å². The fraction of sp³-hybridized carbons (Fsp3) is 0.522. The van der Waals surface area contributed by atoms with E-state index >= 15 is 0 Å². The third-order valence-corrected chi connectivity index (χ3v) is 5.35. The molecule has 31 heavy (non-hydrogen) atoms. The van der Waals surface area contributed by atoms with Crippen molar-refractivity contribution in [2.45, 2.75) is 33.4 Å². The van der Waals surface area contributed by atoms with Crippen LogP contribution in [0, 0.1) is 13.8 Å². The molecular formula is C23H35IN4O3. The van der Waals surface area contributed by atoms with E-state index in [2.05, 4.69) is 40.7 Å². The number of hydrogen-bond acceptors (Lipinski definition) is 5. The number of ether oxygens (including phenoxy) is 2. The molecule has 1 atom stereocenters. The minimum atomic E-state index is 0. The van der Waals surface area contributed by atoms with E-state index in [0.717, 1.165) is 68.2 Å². The van der Waals surface area contributed by atoms with Crippen LogP contribution in [0.4, 0.5) is 0 Å². The van der Waals surface area contributed by atoms with E-state index in [1.54, 1.807) is 7.11 Å². The van der Waals surface area contributed by atoms with Crippen LogP contribution in [0.1, 0.15) is 35.6 Å². The van der Waals surface area contributed by atoms with Gasteiger partial charge in [0.15, 0.2) is 5.96 Å². The molecule has 1 aromatic heterocycles. The minimum Gasteiger partial charge on any atom is -0.497 e. The van der Waals surface area contributed by atoms with Crippen molar-refractivity contribution in [3.63, 3.8) is 0 Å². The molecule has 8 heteroatoms. The summed E-state index contributed by atoms with van der Waals surface area (Å²) in [6, 6.07) is 10.6. The number of nitrogens with one attached hydrogen (secondary N) is 2. The van der Waals surface area contributed by atoms with E-state index in [1.807, 2.05) is 26.0 Å². The zero-order valence-electron chi connectivity index (χ0n) is 18.9. The van der Waals surface area contributed by atoms with Gasteiger partial charge in [0.05, 0.1) is 32.9 Å². The van der Waals surface area contributed by atoms with Crippen LogP contribution in [0.3, 0.4) is 0 Å². The van der Waals surface area contributed by atoms with E-state index in [1.165, 1.54) is 5.56 Å². The van der Waals surface area contributed by atoms with Gasteiger partial charge in [0.25, 0.3) is 0 Å². The molecule has 1 aliphatic heterocycles. The Morgan fingerprint density at radius 2 is 1.87 bits per heavy atom. The molecular weight excluding hydrogens is 507 g/mol. The van der Waals surface area contributed by atoms with Crippen molar-refractivity contribution in [3.8, 4) is 5.75 Å². The van der Waals surface area contributed by atoms with Crippen molar-refractivity contribution >= 4 is 29.9 Å². The van der Waals surface area contributed by atoms with Crippen LogP contribution < -0.4 is 15.4 Å². The average Bonchev–Trinajstić information content (AvgIpc) is 3.10. The predicted octanol–water partition coefficient (Wildman–Crippen LogP) is 3.65. The van der Waals surface area contributed by atoms with Gasteiger partial charge in [0.1, 0.15) is 17.3 Å². The first kappa shape index (κ1) is 25.5. The van der Waals surface area contributed by atoms with E-state index in [9.17, 15) is 0 Å². The Balaban J connectivity index is 0.00000341. The number of rotatable bonds is 8. The third-order valence-electron chi connectivity index (χ3n) is 5.35. The molecule has 0 spiro atoms. The SMILES string of the molecule is CCNC(=NCc1cc(C)oc1C)NCC(c1ccc(OC)cc1)N1CCOCC1.I. The molecule has 0 saturated carbocycles. The number of benzene rings is 1. The van der Waals surface area contributed by atoms with Crippen LogP contribution in [-0.4, -0.2) is 57.4 Å². The molecule has 0 amide bonds. The molecule has 0 radical (unpaired) electrons. The molecule has 7 nitrogen and oxygen atoms in total. The first-order chi connectivity index (χ1) is 14.6. The summed E-state index contributed by atoms with van der Waals surface area (Å²) in [6.45, 7) is 11.5. The monoisotopic (exact) mass is 542 g/mol. The van der Waals surface area contributed by atoms with Crippen LogP contribution >= 0.6 is 24.0 Å². The summed E-state index contributed by atoms with van der Waals surface area (Å²) >= 11 is 0. The van der Waals surface area contributed by atoms with E-state index < -0.39 is 0 Å². The number of furan rings is 1. The molecule has 3 rings (SSSR count). The van der Waals surface area contributed by atoms with Crippen molar-refractivity contribution in [2.24, 2.45) is 4.99 Å². The quantitative estimate of drug-likeness (QED) is 0.302. The molecule has 0 aliphatic carbocycles. The smallest absolute Gasteiger partial charge is 0.191 e. The van der Waals surface area contributed by atoms with Crippen molar-refractivity contribution < 1.29 is 13.9 Å².